The third kappa shape index (κ3) is 4.04. The van der Waals surface area contributed by atoms with Gasteiger partial charge in [-0.15, -0.1) is 0 Å². The fourth-order valence-corrected chi connectivity index (χ4v) is 2.60. The van der Waals surface area contributed by atoms with Gasteiger partial charge in [-0.05, 0) is 53.0 Å². The number of aromatic nitrogens is 2. The average molecular weight is 413 g/mol. The molecule has 0 unspecified atom stereocenters. The zero-order valence-corrected chi connectivity index (χ0v) is 16.1. The van der Waals surface area contributed by atoms with E-state index in [0.717, 1.165) is 26.4 Å². The van der Waals surface area contributed by atoms with E-state index in [-0.39, 0.29) is 5.41 Å². The van der Waals surface area contributed by atoms with Gasteiger partial charge in [0.1, 0.15) is 16.2 Å². The molecule has 0 fully saturated rings. The number of hydrogen-bond donors (Lipinski definition) is 1. The van der Waals surface area contributed by atoms with Gasteiger partial charge in [-0.2, -0.15) is 0 Å². The highest BCUT2D eigenvalue weighted by atomic mass is 79.9. The van der Waals surface area contributed by atoms with Crippen LogP contribution in [0.1, 0.15) is 37.7 Å². The molecule has 21 heavy (non-hydrogen) atoms. The summed E-state index contributed by atoms with van der Waals surface area (Å²) in [6.45, 7) is 10.5. The second-order valence-electron chi connectivity index (χ2n) is 6.20. The molecule has 2 aromatic rings. The Balaban J connectivity index is 2.38. The van der Waals surface area contributed by atoms with Crippen molar-refractivity contribution in [2.24, 2.45) is 0 Å². The molecule has 5 heteroatoms. The van der Waals surface area contributed by atoms with Crippen molar-refractivity contribution < 1.29 is 0 Å². The first-order chi connectivity index (χ1) is 9.66. The molecule has 3 nitrogen and oxygen atoms in total. The first-order valence-corrected chi connectivity index (χ1v) is 8.34. The normalized spacial score (nSPS) is 11.6. The van der Waals surface area contributed by atoms with Gasteiger partial charge in [-0.1, -0.05) is 36.7 Å². The van der Waals surface area contributed by atoms with Crippen molar-refractivity contribution in [2.45, 2.75) is 40.0 Å². The summed E-state index contributed by atoms with van der Waals surface area (Å²) in [4.78, 5) is 9.07. The van der Waals surface area contributed by atoms with E-state index in [1.54, 1.807) is 0 Å². The summed E-state index contributed by atoms with van der Waals surface area (Å²) in [7, 11) is 0. The molecule has 0 aliphatic carbocycles. The lowest BCUT2D eigenvalue weighted by Gasteiger charge is -2.18. The van der Waals surface area contributed by atoms with Gasteiger partial charge in [0.25, 0.3) is 0 Å². The molecule has 0 aliphatic rings. The number of nitrogens with one attached hydrogen (secondary N) is 1. The number of hydrogen-bond acceptors (Lipinski definition) is 3. The highest BCUT2D eigenvalue weighted by Crippen LogP contribution is 2.28. The molecule has 1 heterocycles. The standard InChI is InChI=1S/C16H19Br2N3/c1-9-6-11(7-10(2)14(9)18)19-13-8-12(17)20-15(21-13)16(3,4)5/h6-8H,1-5H3,(H,19,20,21). The Morgan fingerprint density at radius 3 is 2.05 bits per heavy atom. The zero-order valence-electron chi connectivity index (χ0n) is 12.9. The summed E-state index contributed by atoms with van der Waals surface area (Å²) in [6, 6.07) is 6.09. The summed E-state index contributed by atoms with van der Waals surface area (Å²) in [6.07, 6.45) is 0. The summed E-state index contributed by atoms with van der Waals surface area (Å²) >= 11 is 7.05. The molecule has 0 spiro atoms. The Morgan fingerprint density at radius 2 is 1.52 bits per heavy atom. The Labute approximate surface area is 142 Å². The Bertz CT molecular complexity index is 653. The van der Waals surface area contributed by atoms with Gasteiger partial charge in [-0.3, -0.25) is 0 Å². The minimum absolute atomic E-state index is 0.0915. The predicted octanol–water partition coefficient (Wildman–Crippen LogP) is 5.66. The third-order valence-electron chi connectivity index (χ3n) is 3.07. The fraction of sp³-hybridized carbons (Fsp3) is 0.375. The molecule has 1 aromatic carbocycles. The number of aryl methyl sites for hydroxylation is 2. The van der Waals surface area contributed by atoms with E-state index in [1.807, 2.05) is 6.07 Å². The second-order valence-corrected chi connectivity index (χ2v) is 7.80. The maximum atomic E-state index is 4.62. The number of nitrogens with zero attached hydrogens (tertiary/aromatic N) is 2. The van der Waals surface area contributed by atoms with Crippen LogP contribution in [0.3, 0.4) is 0 Å². The molecule has 0 aliphatic heterocycles. The van der Waals surface area contributed by atoms with Crippen LogP contribution in [-0.2, 0) is 5.41 Å². The molecule has 0 saturated heterocycles. The molecule has 0 amide bonds. The van der Waals surface area contributed by atoms with Gasteiger partial charge in [0.15, 0.2) is 0 Å². The Kier molecular flexibility index (Phi) is 4.73. The van der Waals surface area contributed by atoms with E-state index in [2.05, 4.69) is 93.9 Å². The fourth-order valence-electron chi connectivity index (χ4n) is 1.98. The minimum atomic E-state index is -0.0915. The first kappa shape index (κ1) is 16.4. The van der Waals surface area contributed by atoms with Crippen molar-refractivity contribution in [1.82, 2.24) is 9.97 Å². The SMILES string of the molecule is Cc1cc(Nc2cc(Br)nc(C(C)(C)C)n2)cc(C)c1Br. The van der Waals surface area contributed by atoms with Crippen molar-refractivity contribution in [3.05, 3.63) is 44.2 Å². The van der Waals surface area contributed by atoms with E-state index in [1.165, 1.54) is 11.1 Å². The van der Waals surface area contributed by atoms with Crippen molar-refractivity contribution in [3.63, 3.8) is 0 Å². The minimum Gasteiger partial charge on any atom is -0.340 e. The average Bonchev–Trinajstić information content (AvgIpc) is 2.34. The summed E-state index contributed by atoms with van der Waals surface area (Å²) < 4.78 is 1.93. The van der Waals surface area contributed by atoms with Crippen LogP contribution < -0.4 is 5.32 Å². The maximum Gasteiger partial charge on any atom is 0.137 e. The monoisotopic (exact) mass is 411 g/mol. The Morgan fingerprint density at radius 1 is 0.952 bits per heavy atom. The molecular weight excluding hydrogens is 394 g/mol. The molecule has 112 valence electrons. The van der Waals surface area contributed by atoms with Gasteiger partial charge < -0.3 is 5.32 Å². The maximum absolute atomic E-state index is 4.62. The first-order valence-electron chi connectivity index (χ1n) is 6.75. The van der Waals surface area contributed by atoms with Gasteiger partial charge in [0.2, 0.25) is 0 Å². The molecule has 0 radical (unpaired) electrons. The van der Waals surface area contributed by atoms with Crippen LogP contribution in [0, 0.1) is 13.8 Å². The summed E-state index contributed by atoms with van der Waals surface area (Å²) in [5.74, 6) is 1.60. The summed E-state index contributed by atoms with van der Waals surface area (Å²) in [5.41, 5.74) is 3.33. The van der Waals surface area contributed by atoms with E-state index in [0.29, 0.717) is 0 Å². The highest BCUT2D eigenvalue weighted by Gasteiger charge is 2.18. The van der Waals surface area contributed by atoms with Crippen LogP contribution in [0.4, 0.5) is 11.5 Å². The van der Waals surface area contributed by atoms with Crippen molar-refractivity contribution in [1.29, 1.82) is 0 Å². The number of halogens is 2. The van der Waals surface area contributed by atoms with Gasteiger partial charge in [0.05, 0.1) is 0 Å². The van der Waals surface area contributed by atoms with Gasteiger partial charge in [0, 0.05) is 21.6 Å². The van der Waals surface area contributed by atoms with Crippen molar-refractivity contribution in [2.75, 3.05) is 5.32 Å². The van der Waals surface area contributed by atoms with E-state index < -0.39 is 0 Å². The van der Waals surface area contributed by atoms with Crippen LogP contribution in [0.2, 0.25) is 0 Å². The largest absolute Gasteiger partial charge is 0.340 e. The predicted molar refractivity (Wildman–Crippen MR) is 95.3 cm³/mol. The number of rotatable bonds is 2. The van der Waals surface area contributed by atoms with Crippen LogP contribution in [0.25, 0.3) is 0 Å². The molecule has 1 aromatic heterocycles. The Hall–Kier alpha value is -0.940. The lowest BCUT2D eigenvalue weighted by atomic mass is 9.96. The number of anilines is 2. The summed E-state index contributed by atoms with van der Waals surface area (Å²) in [5, 5.41) is 3.36. The van der Waals surface area contributed by atoms with Crippen LogP contribution >= 0.6 is 31.9 Å². The third-order valence-corrected chi connectivity index (χ3v) is 4.73. The van der Waals surface area contributed by atoms with Gasteiger partial charge in [-0.25, -0.2) is 9.97 Å². The highest BCUT2D eigenvalue weighted by molar-refractivity contribution is 9.10. The smallest absolute Gasteiger partial charge is 0.137 e. The van der Waals surface area contributed by atoms with E-state index >= 15 is 0 Å². The van der Waals surface area contributed by atoms with Crippen LogP contribution in [-0.4, -0.2) is 9.97 Å². The number of benzene rings is 1. The molecular formula is C16H19Br2N3. The van der Waals surface area contributed by atoms with Crippen LogP contribution in [0.15, 0.2) is 27.3 Å². The lowest BCUT2D eigenvalue weighted by Crippen LogP contribution is -2.16. The molecule has 0 atom stereocenters. The van der Waals surface area contributed by atoms with E-state index in [9.17, 15) is 0 Å². The molecule has 2 rings (SSSR count). The zero-order chi connectivity index (χ0) is 15.8. The van der Waals surface area contributed by atoms with Crippen molar-refractivity contribution >= 4 is 43.4 Å². The molecule has 0 bridgehead atoms. The van der Waals surface area contributed by atoms with E-state index in [4.69, 9.17) is 0 Å². The second kappa shape index (κ2) is 6.05. The quantitative estimate of drug-likeness (QED) is 0.646. The molecule has 0 saturated carbocycles. The van der Waals surface area contributed by atoms with Crippen molar-refractivity contribution in [3.8, 4) is 0 Å². The van der Waals surface area contributed by atoms with Crippen LogP contribution in [0.5, 0.6) is 0 Å². The molecule has 1 N–H and O–H groups in total. The van der Waals surface area contributed by atoms with Gasteiger partial charge >= 0.3 is 0 Å². The lowest BCUT2D eigenvalue weighted by molar-refractivity contribution is 0.544. The topological polar surface area (TPSA) is 37.8 Å².